The van der Waals surface area contributed by atoms with E-state index in [-0.39, 0.29) is 24.8 Å². The number of para-hydroxylation sites is 1. The second-order valence-corrected chi connectivity index (χ2v) is 8.02. The van der Waals surface area contributed by atoms with Crippen molar-refractivity contribution < 1.29 is 9.59 Å². The number of carbonyl (C=O) groups is 2. The van der Waals surface area contributed by atoms with Gasteiger partial charge in [0.15, 0.2) is 0 Å². The number of hydrogen-bond acceptors (Lipinski definition) is 4. The van der Waals surface area contributed by atoms with Crippen LogP contribution in [0.25, 0.3) is 20.8 Å². The zero-order chi connectivity index (χ0) is 20.9. The highest BCUT2D eigenvalue weighted by Gasteiger charge is 2.09. The van der Waals surface area contributed by atoms with Crippen LogP contribution in [-0.4, -0.2) is 23.3 Å². The summed E-state index contributed by atoms with van der Waals surface area (Å²) < 4.78 is 1.15. The molecule has 0 fully saturated rings. The molecule has 0 spiro atoms. The molecule has 2 N–H and O–H groups in total. The highest BCUT2D eigenvalue weighted by atomic mass is 32.1. The molecule has 4 rings (SSSR count). The highest BCUT2D eigenvalue weighted by molar-refractivity contribution is 7.21. The van der Waals surface area contributed by atoms with Crippen molar-refractivity contribution >= 4 is 39.1 Å². The van der Waals surface area contributed by atoms with Crippen molar-refractivity contribution in [3.05, 3.63) is 83.9 Å². The Morgan fingerprint density at radius 1 is 0.967 bits per heavy atom. The molecule has 0 aliphatic carbocycles. The predicted octanol–water partition coefficient (Wildman–Crippen LogP) is 5.03. The van der Waals surface area contributed by atoms with E-state index in [2.05, 4.69) is 21.7 Å². The van der Waals surface area contributed by atoms with Crippen molar-refractivity contribution in [2.45, 2.75) is 13.3 Å². The number of rotatable bonds is 6. The van der Waals surface area contributed by atoms with E-state index in [9.17, 15) is 9.59 Å². The Morgan fingerprint density at radius 3 is 2.53 bits per heavy atom. The summed E-state index contributed by atoms with van der Waals surface area (Å²) in [5.41, 5.74) is 4.34. The van der Waals surface area contributed by atoms with Gasteiger partial charge >= 0.3 is 0 Å². The molecule has 0 unspecified atom stereocenters. The average molecular weight is 416 g/mol. The van der Waals surface area contributed by atoms with Crippen LogP contribution < -0.4 is 10.6 Å². The summed E-state index contributed by atoms with van der Waals surface area (Å²) in [5, 5.41) is 6.59. The average Bonchev–Trinajstić information content (AvgIpc) is 3.18. The van der Waals surface area contributed by atoms with Gasteiger partial charge in [-0.15, -0.1) is 11.3 Å². The second-order valence-electron chi connectivity index (χ2n) is 6.99. The van der Waals surface area contributed by atoms with Crippen LogP contribution in [0, 0.1) is 6.92 Å². The molecule has 0 bridgehead atoms. The minimum Gasteiger partial charge on any atom is -0.352 e. The Labute approximate surface area is 178 Å². The Kier molecular flexibility index (Phi) is 5.86. The summed E-state index contributed by atoms with van der Waals surface area (Å²) >= 11 is 1.64. The molecule has 0 aliphatic heterocycles. The van der Waals surface area contributed by atoms with Crippen LogP contribution in [-0.2, 0) is 4.79 Å². The molecule has 0 saturated heterocycles. The summed E-state index contributed by atoms with van der Waals surface area (Å²) in [4.78, 5) is 29.0. The van der Waals surface area contributed by atoms with Crippen LogP contribution in [0.2, 0.25) is 0 Å². The Bertz CT molecular complexity index is 1170. The molecule has 6 heteroatoms. The number of fused-ring (bicyclic) bond motifs is 1. The minimum absolute atomic E-state index is 0.146. The normalized spacial score (nSPS) is 10.7. The van der Waals surface area contributed by atoms with E-state index in [4.69, 9.17) is 0 Å². The molecule has 3 aromatic carbocycles. The summed E-state index contributed by atoms with van der Waals surface area (Å²) in [6.45, 7) is 2.22. The number of nitrogens with zero attached hydrogens (tertiary/aromatic N) is 1. The van der Waals surface area contributed by atoms with Crippen molar-refractivity contribution in [1.82, 2.24) is 10.3 Å². The van der Waals surface area contributed by atoms with Gasteiger partial charge in [-0.3, -0.25) is 9.59 Å². The third-order valence-electron chi connectivity index (χ3n) is 4.63. The molecule has 30 heavy (non-hydrogen) atoms. The lowest BCUT2D eigenvalue weighted by Crippen LogP contribution is -2.27. The van der Waals surface area contributed by atoms with Gasteiger partial charge in [0.1, 0.15) is 5.01 Å². The fraction of sp³-hybridized carbons (Fsp3) is 0.125. The van der Waals surface area contributed by atoms with E-state index in [1.807, 2.05) is 67.6 Å². The highest BCUT2D eigenvalue weighted by Crippen LogP contribution is 2.30. The molecular weight excluding hydrogens is 394 g/mol. The van der Waals surface area contributed by atoms with E-state index in [1.54, 1.807) is 17.4 Å². The topological polar surface area (TPSA) is 71.1 Å². The number of benzene rings is 3. The summed E-state index contributed by atoms with van der Waals surface area (Å²) in [7, 11) is 0. The first-order valence-corrected chi connectivity index (χ1v) is 10.5. The van der Waals surface area contributed by atoms with Gasteiger partial charge in [-0.25, -0.2) is 4.98 Å². The Balaban J connectivity index is 1.30. The maximum atomic E-state index is 12.2. The first kappa shape index (κ1) is 19.8. The molecule has 0 atom stereocenters. The van der Waals surface area contributed by atoms with Gasteiger partial charge < -0.3 is 10.6 Å². The van der Waals surface area contributed by atoms with Crippen molar-refractivity contribution in [2.24, 2.45) is 0 Å². The van der Waals surface area contributed by atoms with E-state index in [0.717, 1.165) is 32.0 Å². The van der Waals surface area contributed by atoms with Gasteiger partial charge in [-0.2, -0.15) is 0 Å². The molecule has 0 saturated carbocycles. The van der Waals surface area contributed by atoms with E-state index < -0.39 is 0 Å². The zero-order valence-electron chi connectivity index (χ0n) is 16.5. The maximum absolute atomic E-state index is 12.2. The van der Waals surface area contributed by atoms with E-state index >= 15 is 0 Å². The molecule has 0 radical (unpaired) electrons. The van der Waals surface area contributed by atoms with Crippen molar-refractivity contribution in [1.29, 1.82) is 0 Å². The molecule has 4 aromatic rings. The van der Waals surface area contributed by atoms with Gasteiger partial charge in [0.2, 0.25) is 5.91 Å². The van der Waals surface area contributed by atoms with Gasteiger partial charge in [-0.1, -0.05) is 29.8 Å². The smallest absolute Gasteiger partial charge is 0.251 e. The number of nitrogens with one attached hydrogen (secondary N) is 2. The molecule has 1 heterocycles. The monoisotopic (exact) mass is 415 g/mol. The fourth-order valence-corrected chi connectivity index (χ4v) is 4.06. The quantitative estimate of drug-likeness (QED) is 0.464. The number of thiazole rings is 1. The predicted molar refractivity (Wildman–Crippen MR) is 122 cm³/mol. The van der Waals surface area contributed by atoms with Crippen LogP contribution in [0.1, 0.15) is 22.3 Å². The largest absolute Gasteiger partial charge is 0.352 e. The van der Waals surface area contributed by atoms with Gasteiger partial charge in [0.05, 0.1) is 10.2 Å². The van der Waals surface area contributed by atoms with Crippen molar-refractivity contribution in [2.75, 3.05) is 11.9 Å². The van der Waals surface area contributed by atoms with Gasteiger partial charge in [0.25, 0.3) is 5.91 Å². The van der Waals surface area contributed by atoms with E-state index in [1.165, 1.54) is 0 Å². The van der Waals surface area contributed by atoms with Crippen LogP contribution in [0.4, 0.5) is 5.69 Å². The number of hydrogen-bond donors (Lipinski definition) is 2. The van der Waals surface area contributed by atoms with Crippen LogP contribution in [0.15, 0.2) is 72.8 Å². The number of amides is 2. The van der Waals surface area contributed by atoms with Crippen molar-refractivity contribution in [3.63, 3.8) is 0 Å². The molecule has 150 valence electrons. The summed E-state index contributed by atoms with van der Waals surface area (Å²) in [6, 6.07) is 23.0. The zero-order valence-corrected chi connectivity index (χ0v) is 17.3. The van der Waals surface area contributed by atoms with Crippen molar-refractivity contribution in [3.8, 4) is 10.6 Å². The molecule has 0 aliphatic rings. The molecular formula is C24H21N3O2S. The second kappa shape index (κ2) is 8.88. The molecule has 1 aromatic heterocycles. The number of carbonyl (C=O) groups excluding carboxylic acids is 2. The lowest BCUT2D eigenvalue weighted by atomic mass is 10.1. The first-order valence-electron chi connectivity index (χ1n) is 9.69. The fourth-order valence-electron chi connectivity index (χ4n) is 3.09. The number of aryl methyl sites for hydroxylation is 1. The van der Waals surface area contributed by atoms with E-state index in [0.29, 0.717) is 5.56 Å². The summed E-state index contributed by atoms with van der Waals surface area (Å²) in [6.07, 6.45) is 0.206. The Morgan fingerprint density at radius 2 is 1.77 bits per heavy atom. The number of anilines is 1. The van der Waals surface area contributed by atoms with Crippen LogP contribution in [0.5, 0.6) is 0 Å². The molecule has 2 amide bonds. The minimum atomic E-state index is -0.174. The molecule has 5 nitrogen and oxygen atoms in total. The number of aromatic nitrogens is 1. The first-order chi connectivity index (χ1) is 14.6. The van der Waals surface area contributed by atoms with Gasteiger partial charge in [-0.05, 0) is 55.5 Å². The Hall–Kier alpha value is -3.51. The van der Waals surface area contributed by atoms with Crippen LogP contribution in [0.3, 0.4) is 0 Å². The third kappa shape index (κ3) is 4.72. The summed E-state index contributed by atoms with van der Waals surface area (Å²) in [5.74, 6) is -0.320. The lowest BCUT2D eigenvalue weighted by molar-refractivity contribution is -0.116. The third-order valence-corrected chi connectivity index (χ3v) is 5.71. The SMILES string of the molecule is Cc1cccc(C(=O)NCCC(=O)Nc2ccc(-c3nc4ccccc4s3)cc2)c1. The van der Waals surface area contributed by atoms with Gasteiger partial charge in [0, 0.05) is 29.8 Å². The maximum Gasteiger partial charge on any atom is 0.251 e. The standard InChI is InChI=1S/C24H21N3O2S/c1-16-5-4-6-18(15-16)23(29)25-14-13-22(28)26-19-11-9-17(10-12-19)24-27-20-7-2-3-8-21(20)30-24/h2-12,15H,13-14H2,1H3,(H,25,29)(H,26,28). The lowest BCUT2D eigenvalue weighted by Gasteiger charge is -2.08. The van der Waals surface area contributed by atoms with Crippen LogP contribution >= 0.6 is 11.3 Å².